The highest BCUT2D eigenvalue weighted by atomic mass is 16.5. The maximum Gasteiger partial charge on any atom is 0.332 e. The minimum absolute atomic E-state index is 0.118. The van der Waals surface area contributed by atoms with Crippen LogP contribution in [0.4, 0.5) is 0 Å². The Labute approximate surface area is 106 Å². The number of esters is 1. The molecule has 98 valence electrons. The predicted molar refractivity (Wildman–Crippen MR) is 61.6 cm³/mol. The van der Waals surface area contributed by atoms with Gasteiger partial charge in [0.15, 0.2) is 6.04 Å². The van der Waals surface area contributed by atoms with Gasteiger partial charge < -0.3 is 15.4 Å². The van der Waals surface area contributed by atoms with Gasteiger partial charge in [0, 0.05) is 13.1 Å². The van der Waals surface area contributed by atoms with Gasteiger partial charge in [0.1, 0.15) is 0 Å². The highest BCUT2D eigenvalue weighted by Gasteiger charge is 2.27. The zero-order valence-electron chi connectivity index (χ0n) is 10.3. The standard InChI is InChI=1S/C11H16N4O3/c1-2-18-11(17)9(14)10(16)15(7-3-5-12)8-4-6-13/h9H,2-4,7-8,14H2,1H3. The smallest absolute Gasteiger partial charge is 0.332 e. The Morgan fingerprint density at radius 2 is 1.78 bits per heavy atom. The van der Waals surface area contributed by atoms with E-state index in [0.29, 0.717) is 0 Å². The molecule has 0 aliphatic rings. The lowest BCUT2D eigenvalue weighted by Crippen LogP contribution is -2.49. The first kappa shape index (κ1) is 15.9. The molecule has 0 aliphatic carbocycles. The van der Waals surface area contributed by atoms with Gasteiger partial charge in [0.25, 0.3) is 5.91 Å². The van der Waals surface area contributed by atoms with Crippen LogP contribution in [0, 0.1) is 22.7 Å². The summed E-state index contributed by atoms with van der Waals surface area (Å²) < 4.78 is 4.64. The molecule has 7 heteroatoms. The van der Waals surface area contributed by atoms with E-state index in [0.717, 1.165) is 0 Å². The molecule has 0 aromatic heterocycles. The normalized spacial score (nSPS) is 10.9. The van der Waals surface area contributed by atoms with Crippen molar-refractivity contribution in [1.29, 1.82) is 10.5 Å². The van der Waals surface area contributed by atoms with Crippen molar-refractivity contribution < 1.29 is 14.3 Å². The summed E-state index contributed by atoms with van der Waals surface area (Å²) in [5.74, 6) is -1.43. The molecule has 0 heterocycles. The van der Waals surface area contributed by atoms with Crippen LogP contribution in [0.5, 0.6) is 0 Å². The largest absolute Gasteiger partial charge is 0.464 e. The summed E-state index contributed by atoms with van der Waals surface area (Å²) >= 11 is 0. The second kappa shape index (κ2) is 8.97. The zero-order valence-corrected chi connectivity index (χ0v) is 10.3. The molecule has 0 rings (SSSR count). The van der Waals surface area contributed by atoms with Gasteiger partial charge in [-0.1, -0.05) is 0 Å². The van der Waals surface area contributed by atoms with E-state index in [-0.39, 0.29) is 32.5 Å². The van der Waals surface area contributed by atoms with Crippen LogP contribution in [-0.2, 0) is 14.3 Å². The molecule has 2 N–H and O–H groups in total. The van der Waals surface area contributed by atoms with Crippen LogP contribution >= 0.6 is 0 Å². The van der Waals surface area contributed by atoms with Crippen LogP contribution in [0.3, 0.4) is 0 Å². The number of hydrogen-bond donors (Lipinski definition) is 1. The Kier molecular flexibility index (Phi) is 7.91. The number of rotatable bonds is 7. The minimum atomic E-state index is -1.40. The molecular weight excluding hydrogens is 236 g/mol. The maximum absolute atomic E-state index is 11.9. The summed E-state index contributed by atoms with van der Waals surface area (Å²) in [6, 6.07) is 2.38. The molecule has 0 saturated carbocycles. The summed E-state index contributed by atoms with van der Waals surface area (Å²) in [5.41, 5.74) is 5.46. The third-order valence-corrected chi connectivity index (χ3v) is 2.11. The van der Waals surface area contributed by atoms with Crippen molar-refractivity contribution in [2.45, 2.75) is 25.8 Å². The Morgan fingerprint density at radius 3 is 2.17 bits per heavy atom. The first-order valence-electron chi connectivity index (χ1n) is 5.53. The molecule has 0 aliphatic heterocycles. The Morgan fingerprint density at radius 1 is 1.28 bits per heavy atom. The van der Waals surface area contributed by atoms with Crippen LogP contribution in [0.2, 0.25) is 0 Å². The van der Waals surface area contributed by atoms with Crippen LogP contribution in [0.1, 0.15) is 19.8 Å². The van der Waals surface area contributed by atoms with Gasteiger partial charge in [-0.3, -0.25) is 4.79 Å². The first-order valence-corrected chi connectivity index (χ1v) is 5.53. The van der Waals surface area contributed by atoms with E-state index in [2.05, 4.69) is 4.74 Å². The summed E-state index contributed by atoms with van der Waals surface area (Å²) in [4.78, 5) is 24.4. The van der Waals surface area contributed by atoms with E-state index in [9.17, 15) is 9.59 Å². The second-order valence-electron chi connectivity index (χ2n) is 3.37. The molecule has 7 nitrogen and oxygen atoms in total. The molecule has 0 bridgehead atoms. The Hall–Kier alpha value is -2.12. The van der Waals surface area contributed by atoms with E-state index in [4.69, 9.17) is 16.3 Å². The number of ether oxygens (including phenoxy) is 1. The van der Waals surface area contributed by atoms with Gasteiger partial charge in [-0.2, -0.15) is 10.5 Å². The third-order valence-electron chi connectivity index (χ3n) is 2.11. The van der Waals surface area contributed by atoms with Gasteiger partial charge in [-0.05, 0) is 6.92 Å². The van der Waals surface area contributed by atoms with Gasteiger partial charge in [0.05, 0.1) is 31.6 Å². The Balaban J connectivity index is 4.57. The van der Waals surface area contributed by atoms with Gasteiger partial charge in [-0.15, -0.1) is 0 Å². The monoisotopic (exact) mass is 252 g/mol. The minimum Gasteiger partial charge on any atom is -0.464 e. The van der Waals surface area contributed by atoms with Gasteiger partial charge in [-0.25, -0.2) is 4.79 Å². The lowest BCUT2D eigenvalue weighted by atomic mass is 10.2. The zero-order chi connectivity index (χ0) is 14.0. The predicted octanol–water partition coefficient (Wildman–Crippen LogP) is -0.467. The molecule has 0 spiro atoms. The summed E-state index contributed by atoms with van der Waals surface area (Å²) in [6.07, 6.45) is 0.236. The first-order chi connectivity index (χ1) is 8.58. The van der Waals surface area contributed by atoms with E-state index < -0.39 is 17.9 Å². The molecular formula is C11H16N4O3. The van der Waals surface area contributed by atoms with Crippen molar-refractivity contribution >= 4 is 11.9 Å². The summed E-state index contributed by atoms with van der Waals surface area (Å²) in [6.45, 7) is 2.03. The molecule has 0 aromatic carbocycles. The highest BCUT2D eigenvalue weighted by molar-refractivity contribution is 6.01. The van der Waals surface area contributed by atoms with Crippen molar-refractivity contribution in [2.24, 2.45) is 5.73 Å². The quantitative estimate of drug-likeness (QED) is 0.483. The lowest BCUT2D eigenvalue weighted by Gasteiger charge is -2.22. The molecule has 1 unspecified atom stereocenters. The van der Waals surface area contributed by atoms with Crippen LogP contribution in [-0.4, -0.2) is 42.5 Å². The third kappa shape index (κ3) is 5.28. The molecule has 0 radical (unpaired) electrons. The highest BCUT2D eigenvalue weighted by Crippen LogP contribution is 1.99. The van der Waals surface area contributed by atoms with Gasteiger partial charge in [0.2, 0.25) is 0 Å². The van der Waals surface area contributed by atoms with Gasteiger partial charge >= 0.3 is 5.97 Å². The number of nitrogens with zero attached hydrogens (tertiary/aromatic N) is 3. The van der Waals surface area contributed by atoms with Crippen molar-refractivity contribution in [2.75, 3.05) is 19.7 Å². The molecule has 0 aromatic rings. The molecule has 1 amide bonds. The van der Waals surface area contributed by atoms with E-state index >= 15 is 0 Å². The molecule has 18 heavy (non-hydrogen) atoms. The number of nitrogens with two attached hydrogens (primary N) is 1. The number of amides is 1. The Bertz CT molecular complexity index is 351. The maximum atomic E-state index is 11.9. The van der Waals surface area contributed by atoms with Crippen LogP contribution in [0.25, 0.3) is 0 Å². The fraction of sp³-hybridized carbons (Fsp3) is 0.636. The topological polar surface area (TPSA) is 120 Å². The summed E-state index contributed by atoms with van der Waals surface area (Å²) in [7, 11) is 0. The van der Waals surface area contributed by atoms with Crippen molar-refractivity contribution in [3.63, 3.8) is 0 Å². The number of carbonyl (C=O) groups excluding carboxylic acids is 2. The van der Waals surface area contributed by atoms with E-state index in [1.165, 1.54) is 4.90 Å². The molecule has 0 fully saturated rings. The fourth-order valence-corrected chi connectivity index (χ4v) is 1.23. The number of nitriles is 2. The van der Waals surface area contributed by atoms with Crippen LogP contribution < -0.4 is 5.73 Å². The van der Waals surface area contributed by atoms with Crippen molar-refractivity contribution in [3.05, 3.63) is 0 Å². The van der Waals surface area contributed by atoms with E-state index in [1.807, 2.05) is 12.1 Å². The summed E-state index contributed by atoms with van der Waals surface area (Å²) in [5, 5.41) is 17.0. The van der Waals surface area contributed by atoms with Crippen molar-refractivity contribution in [3.8, 4) is 12.1 Å². The average molecular weight is 252 g/mol. The van der Waals surface area contributed by atoms with E-state index in [1.54, 1.807) is 6.92 Å². The second-order valence-corrected chi connectivity index (χ2v) is 3.37. The SMILES string of the molecule is CCOC(=O)C(N)C(=O)N(CCC#N)CCC#N. The number of hydrogen-bond acceptors (Lipinski definition) is 6. The van der Waals surface area contributed by atoms with Crippen LogP contribution in [0.15, 0.2) is 0 Å². The lowest BCUT2D eigenvalue weighted by molar-refractivity contribution is -0.150. The molecule has 1 atom stereocenters. The number of carbonyl (C=O) groups is 2. The fourth-order valence-electron chi connectivity index (χ4n) is 1.23. The molecule has 0 saturated heterocycles. The van der Waals surface area contributed by atoms with Crippen molar-refractivity contribution in [1.82, 2.24) is 4.90 Å². The average Bonchev–Trinajstić information content (AvgIpc) is 2.37.